The minimum atomic E-state index is -4.98. The molecule has 0 aromatic heterocycles. The summed E-state index contributed by atoms with van der Waals surface area (Å²) in [6, 6.07) is 20.1. The molecule has 0 spiro atoms. The van der Waals surface area contributed by atoms with Crippen LogP contribution in [0.5, 0.6) is 5.75 Å². The molecule has 3 aromatic rings. The minimum absolute atomic E-state index is 0.0974. The van der Waals surface area contributed by atoms with E-state index in [1.807, 2.05) is 56.3 Å². The fourth-order valence-corrected chi connectivity index (χ4v) is 3.75. The number of alkyl halides is 3. The van der Waals surface area contributed by atoms with Crippen molar-refractivity contribution >= 4 is 22.6 Å². The van der Waals surface area contributed by atoms with Gasteiger partial charge < -0.3 is 35.7 Å². The van der Waals surface area contributed by atoms with Gasteiger partial charge in [-0.05, 0) is 61.7 Å². The minimum Gasteiger partial charge on any atom is -0.420 e. The summed E-state index contributed by atoms with van der Waals surface area (Å²) in [5.74, 6) is -2.57. The van der Waals surface area contributed by atoms with Crippen LogP contribution in [0, 0.1) is 0 Å². The monoisotopic (exact) mass is 623 g/mol. The van der Waals surface area contributed by atoms with Gasteiger partial charge >= 0.3 is 12.1 Å². The molecule has 44 heavy (non-hydrogen) atoms. The van der Waals surface area contributed by atoms with E-state index in [4.69, 9.17) is 20.9 Å². The Morgan fingerprint density at radius 1 is 0.932 bits per heavy atom. The summed E-state index contributed by atoms with van der Waals surface area (Å²) in [5, 5.41) is 10.9. The van der Waals surface area contributed by atoms with E-state index in [1.54, 1.807) is 25.2 Å². The first-order valence-corrected chi connectivity index (χ1v) is 14.3. The van der Waals surface area contributed by atoms with Gasteiger partial charge in [-0.25, -0.2) is 4.79 Å². The number of benzene rings is 3. The normalized spacial score (nSPS) is 12.2. The number of fused-ring (bicyclic) bond motifs is 1. The molecule has 3 aromatic carbocycles. The van der Waals surface area contributed by atoms with Gasteiger partial charge in [0.05, 0.1) is 25.9 Å². The molecule has 3 rings (SSSR count). The number of esters is 1. The van der Waals surface area contributed by atoms with E-state index in [2.05, 4.69) is 4.74 Å². The molecular formula is C32H44F3N3O6. The number of carbonyl (C=O) groups excluding carboxylic acids is 2. The third-order valence-corrected chi connectivity index (χ3v) is 6.14. The molecule has 0 aliphatic heterocycles. The number of ether oxygens (including phenoxy) is 3. The summed E-state index contributed by atoms with van der Waals surface area (Å²) in [7, 11) is 1.65. The fourth-order valence-electron chi connectivity index (χ4n) is 3.75. The van der Waals surface area contributed by atoms with Gasteiger partial charge in [0.15, 0.2) is 0 Å². The molecule has 2 atom stereocenters. The maximum Gasteiger partial charge on any atom is 0.491 e. The lowest BCUT2D eigenvalue weighted by Crippen LogP contribution is -2.49. The summed E-state index contributed by atoms with van der Waals surface area (Å²) in [6.45, 7) is 6.67. The number of likely N-dealkylation sites (N-methyl/N-ethyl adjacent to an activating group) is 1. The number of hydrogen-bond donors (Lipinski definition) is 3. The number of aliphatic hydroxyl groups is 1. The lowest BCUT2D eigenvalue weighted by molar-refractivity contribution is -0.189. The first kappa shape index (κ1) is 38.5. The molecule has 0 bridgehead atoms. The largest absolute Gasteiger partial charge is 0.491 e. The Kier molecular flexibility index (Phi) is 18.5. The van der Waals surface area contributed by atoms with Crippen molar-refractivity contribution in [2.24, 2.45) is 11.5 Å². The first-order valence-electron chi connectivity index (χ1n) is 14.3. The summed E-state index contributed by atoms with van der Waals surface area (Å²) in [5.41, 5.74) is 12.4. The van der Waals surface area contributed by atoms with Crippen LogP contribution in [0.15, 0.2) is 72.8 Å². The summed E-state index contributed by atoms with van der Waals surface area (Å²) in [6.07, 6.45) is -3.57. The number of rotatable bonds is 13. The molecule has 9 nitrogen and oxygen atoms in total. The Morgan fingerprint density at radius 2 is 1.55 bits per heavy atom. The molecule has 0 aliphatic carbocycles. The van der Waals surface area contributed by atoms with Crippen LogP contribution in [0.3, 0.4) is 0 Å². The average molecular weight is 624 g/mol. The highest BCUT2D eigenvalue weighted by molar-refractivity contribution is 5.85. The number of hydrogen-bond acceptors (Lipinski definition) is 8. The van der Waals surface area contributed by atoms with Crippen molar-refractivity contribution in [1.82, 2.24) is 4.90 Å². The van der Waals surface area contributed by atoms with Crippen molar-refractivity contribution in [3.8, 4) is 5.75 Å². The van der Waals surface area contributed by atoms with Gasteiger partial charge in [0.1, 0.15) is 11.8 Å². The van der Waals surface area contributed by atoms with Crippen LogP contribution >= 0.6 is 0 Å². The van der Waals surface area contributed by atoms with E-state index in [0.29, 0.717) is 25.0 Å². The number of aliphatic hydroxyl groups excluding tert-OH is 1. The zero-order valence-electron chi connectivity index (χ0n) is 25.5. The van der Waals surface area contributed by atoms with Crippen molar-refractivity contribution in [1.29, 1.82) is 0 Å². The van der Waals surface area contributed by atoms with Crippen molar-refractivity contribution < 1.29 is 42.1 Å². The highest BCUT2D eigenvalue weighted by Crippen LogP contribution is 2.24. The molecule has 0 heterocycles. The Bertz CT molecular complexity index is 1230. The molecule has 0 fully saturated rings. The van der Waals surface area contributed by atoms with E-state index in [0.717, 1.165) is 30.6 Å². The van der Waals surface area contributed by atoms with Crippen LogP contribution in [0.1, 0.15) is 32.3 Å². The number of nitrogens with two attached hydrogens (primary N) is 2. The second kappa shape index (κ2) is 21.2. The van der Waals surface area contributed by atoms with Gasteiger partial charge in [-0.15, -0.1) is 0 Å². The average Bonchev–Trinajstić information content (AvgIpc) is 3.02. The molecule has 0 saturated carbocycles. The molecule has 5 N–H and O–H groups in total. The Balaban J connectivity index is 0.000000389. The maximum absolute atomic E-state index is 12.2. The van der Waals surface area contributed by atoms with Crippen LogP contribution in [0.25, 0.3) is 10.8 Å². The Morgan fingerprint density at radius 3 is 2.09 bits per heavy atom. The summed E-state index contributed by atoms with van der Waals surface area (Å²) < 4.78 is 50.5. The van der Waals surface area contributed by atoms with E-state index in [9.17, 15) is 27.9 Å². The zero-order chi connectivity index (χ0) is 33.0. The number of nitrogens with zero attached hydrogens (tertiary/aromatic N) is 1. The van der Waals surface area contributed by atoms with Crippen molar-refractivity contribution in [2.75, 3.05) is 40.0 Å². The highest BCUT2D eigenvalue weighted by atomic mass is 19.4. The lowest BCUT2D eigenvalue weighted by atomic mass is 10.1. The molecule has 2 unspecified atom stereocenters. The number of halogens is 3. The molecule has 0 radical (unpaired) electrons. The number of amides is 1. The second-order valence-electron chi connectivity index (χ2n) is 9.50. The van der Waals surface area contributed by atoms with Crippen molar-refractivity contribution in [2.45, 2.75) is 51.6 Å². The van der Waals surface area contributed by atoms with Crippen LogP contribution in [0.2, 0.25) is 0 Å². The molecule has 1 amide bonds. The topological polar surface area (TPSA) is 137 Å². The van der Waals surface area contributed by atoms with E-state index < -0.39 is 18.2 Å². The predicted octanol–water partition coefficient (Wildman–Crippen LogP) is 4.44. The van der Waals surface area contributed by atoms with Gasteiger partial charge in [0.25, 0.3) is 0 Å². The standard InChI is InChI=1S/C16H27N3O3.C12H7F3O2.C4H10O/c1-19(14(10-20)8-5-9-17)16(21)15(18)12-22-11-13-6-3-2-4-7-13;13-12(14,15)11(16)17-10-6-5-8-3-1-2-4-9(8)7-10;1-3-5-4-2/h2-4,6-7,14-15,20H,5,8-12,17-18H2,1H3;1-7H;3-4H2,1-2H3. The van der Waals surface area contributed by atoms with E-state index in [1.165, 1.54) is 17.0 Å². The molecule has 0 saturated heterocycles. The predicted molar refractivity (Wildman–Crippen MR) is 164 cm³/mol. The molecule has 244 valence electrons. The Hall–Kier alpha value is -3.55. The number of carbonyl (C=O) groups is 2. The summed E-state index contributed by atoms with van der Waals surface area (Å²) >= 11 is 0. The van der Waals surface area contributed by atoms with Crippen LogP contribution in [0.4, 0.5) is 13.2 Å². The van der Waals surface area contributed by atoms with Gasteiger partial charge in [0.2, 0.25) is 5.91 Å². The first-order chi connectivity index (χ1) is 21.0. The van der Waals surface area contributed by atoms with E-state index in [-0.39, 0.29) is 30.9 Å². The second-order valence-corrected chi connectivity index (χ2v) is 9.50. The SMILES string of the molecule is CCOCC.CN(C(=O)C(N)COCc1ccccc1)C(CO)CCCN.O=C(Oc1ccc2ccccc2c1)C(F)(F)F. The summed E-state index contributed by atoms with van der Waals surface area (Å²) in [4.78, 5) is 24.3. The lowest BCUT2D eigenvalue weighted by Gasteiger charge is -2.29. The fraction of sp³-hybridized carbons (Fsp3) is 0.438. The molecular weight excluding hydrogens is 579 g/mol. The van der Waals surface area contributed by atoms with Gasteiger partial charge in [-0.1, -0.05) is 60.7 Å². The van der Waals surface area contributed by atoms with Gasteiger partial charge in [-0.2, -0.15) is 13.2 Å². The Labute approximate surface area is 256 Å². The van der Waals surface area contributed by atoms with E-state index >= 15 is 0 Å². The zero-order valence-corrected chi connectivity index (χ0v) is 25.5. The van der Waals surface area contributed by atoms with Gasteiger partial charge in [0, 0.05) is 20.3 Å². The van der Waals surface area contributed by atoms with Crippen LogP contribution < -0.4 is 16.2 Å². The smallest absolute Gasteiger partial charge is 0.420 e. The van der Waals surface area contributed by atoms with Crippen LogP contribution in [-0.2, 0) is 25.7 Å². The quantitative estimate of drug-likeness (QED) is 0.188. The molecule has 0 aliphatic rings. The van der Waals surface area contributed by atoms with Gasteiger partial charge in [-0.3, -0.25) is 4.79 Å². The third-order valence-electron chi connectivity index (χ3n) is 6.14. The molecule has 12 heteroatoms. The third kappa shape index (κ3) is 14.8. The van der Waals surface area contributed by atoms with Crippen molar-refractivity contribution in [3.05, 3.63) is 78.4 Å². The highest BCUT2D eigenvalue weighted by Gasteiger charge is 2.41. The van der Waals surface area contributed by atoms with Crippen LogP contribution in [-0.4, -0.2) is 80.2 Å². The van der Waals surface area contributed by atoms with Crippen molar-refractivity contribution in [3.63, 3.8) is 0 Å². The maximum atomic E-state index is 12.2.